The molecule has 0 spiro atoms. The molecule has 1 rings (SSSR count). The summed E-state index contributed by atoms with van der Waals surface area (Å²) in [6, 6.07) is 2.53. The third-order valence-corrected chi connectivity index (χ3v) is 4.04. The maximum absolute atomic E-state index is 11.6. The molecule has 2 unspecified atom stereocenters. The third-order valence-electron chi connectivity index (χ3n) is 2.67. The summed E-state index contributed by atoms with van der Waals surface area (Å²) in [6.07, 6.45) is 3.22. The smallest absolute Gasteiger partial charge is 0.326 e. The van der Waals surface area contributed by atoms with E-state index in [1.54, 1.807) is 38.4 Å². The fourth-order valence-corrected chi connectivity index (χ4v) is 3.10. The molecule has 7 heteroatoms. The summed E-state index contributed by atoms with van der Waals surface area (Å²) >= 11 is 0. The molecule has 0 aliphatic carbocycles. The van der Waals surface area contributed by atoms with Crippen molar-refractivity contribution in [1.29, 1.82) is 0 Å². The first-order chi connectivity index (χ1) is 8.11. The van der Waals surface area contributed by atoms with Crippen LogP contribution in [0.2, 0.25) is 0 Å². The van der Waals surface area contributed by atoms with Crippen molar-refractivity contribution in [2.45, 2.75) is 37.5 Å². The van der Waals surface area contributed by atoms with Crippen LogP contribution in [0.1, 0.15) is 31.9 Å². The van der Waals surface area contributed by atoms with Gasteiger partial charge in [-0.25, -0.2) is 0 Å². The van der Waals surface area contributed by atoms with Crippen LogP contribution in [0.25, 0.3) is 0 Å². The summed E-state index contributed by atoms with van der Waals surface area (Å²) in [5, 5.41) is 0. The van der Waals surface area contributed by atoms with Crippen LogP contribution in [0.5, 0.6) is 0 Å². The highest BCUT2D eigenvalue weighted by Gasteiger charge is 2.38. The van der Waals surface area contributed by atoms with Crippen LogP contribution in [0.4, 0.5) is 0 Å². The Morgan fingerprint density at radius 2 is 1.89 bits per heavy atom. The predicted octanol–water partition coefficient (Wildman–Crippen LogP) is 0.755. The van der Waals surface area contributed by atoms with E-state index in [1.807, 2.05) is 0 Å². The molecule has 18 heavy (non-hydrogen) atoms. The van der Waals surface area contributed by atoms with Crippen molar-refractivity contribution in [3.05, 3.63) is 30.1 Å². The van der Waals surface area contributed by atoms with Gasteiger partial charge in [0.05, 0.1) is 5.66 Å². The van der Waals surface area contributed by atoms with E-state index in [9.17, 15) is 14.4 Å². The Morgan fingerprint density at radius 3 is 2.28 bits per heavy atom. The second-order valence-corrected chi connectivity index (χ2v) is 7.00. The number of hydrogen-bond acceptors (Lipinski definition) is 4. The molecule has 0 radical (unpaired) electrons. The highest BCUT2D eigenvalue weighted by Crippen LogP contribution is 2.49. The Morgan fingerprint density at radius 1 is 1.39 bits per heavy atom. The Hall–Kier alpha value is -0.780. The van der Waals surface area contributed by atoms with Gasteiger partial charge in [-0.15, -0.1) is 0 Å². The van der Waals surface area contributed by atoms with Crippen LogP contribution >= 0.6 is 7.60 Å². The predicted molar refractivity (Wildman–Crippen MR) is 69.9 cm³/mol. The van der Waals surface area contributed by atoms with Crippen molar-refractivity contribution in [3.63, 3.8) is 0 Å². The fraction of sp³-hybridized carbons (Fsp3) is 0.545. The summed E-state index contributed by atoms with van der Waals surface area (Å²) < 4.78 is 11.6. The van der Waals surface area contributed by atoms with Crippen LogP contribution in [0.3, 0.4) is 0 Å². The minimum atomic E-state index is -4.32. The second kappa shape index (κ2) is 5.47. The summed E-state index contributed by atoms with van der Waals surface area (Å²) in [6.45, 7) is 3.43. The fourth-order valence-electron chi connectivity index (χ4n) is 1.80. The van der Waals surface area contributed by atoms with Crippen molar-refractivity contribution in [2.75, 3.05) is 0 Å². The van der Waals surface area contributed by atoms with Crippen LogP contribution in [-0.4, -0.2) is 26.0 Å². The Balaban J connectivity index is 3.01. The van der Waals surface area contributed by atoms with Crippen molar-refractivity contribution in [2.24, 2.45) is 11.5 Å². The highest BCUT2D eigenvalue weighted by atomic mass is 31.2. The number of nitrogens with zero attached hydrogens (tertiary/aromatic N) is 1. The molecule has 2 atom stereocenters. The molecule has 0 saturated heterocycles. The minimum Gasteiger partial charge on any atom is -0.326 e. The average molecular weight is 273 g/mol. The molecule has 1 heterocycles. The topological polar surface area (TPSA) is 122 Å². The molecule has 0 bridgehead atoms. The van der Waals surface area contributed by atoms with Crippen LogP contribution in [0, 0.1) is 0 Å². The van der Waals surface area contributed by atoms with Crippen molar-refractivity contribution >= 4 is 7.60 Å². The maximum Gasteiger partial charge on any atom is 0.330 e. The van der Waals surface area contributed by atoms with Crippen molar-refractivity contribution < 1.29 is 14.4 Å². The van der Waals surface area contributed by atoms with E-state index < -0.39 is 24.8 Å². The maximum atomic E-state index is 11.6. The number of nitrogens with two attached hydrogens (primary N) is 2. The number of pyridine rings is 1. The molecule has 0 saturated carbocycles. The molecule has 0 amide bonds. The second-order valence-electron chi connectivity index (χ2n) is 5.16. The van der Waals surface area contributed by atoms with E-state index in [0.29, 0.717) is 5.56 Å². The lowest BCUT2D eigenvalue weighted by atomic mass is 9.94. The van der Waals surface area contributed by atoms with Crippen molar-refractivity contribution in [3.8, 4) is 0 Å². The average Bonchev–Trinajstić information content (AvgIpc) is 2.24. The molecule has 6 N–H and O–H groups in total. The monoisotopic (exact) mass is 273 g/mol. The molecule has 0 aromatic carbocycles. The van der Waals surface area contributed by atoms with E-state index in [-0.39, 0.29) is 6.42 Å². The van der Waals surface area contributed by atoms with E-state index in [1.165, 1.54) is 0 Å². The van der Waals surface area contributed by atoms with E-state index in [0.717, 1.165) is 0 Å². The molecule has 0 aliphatic rings. The van der Waals surface area contributed by atoms with Crippen molar-refractivity contribution in [1.82, 2.24) is 4.98 Å². The standard InChI is InChI=1S/C11H20N3O3P/c1-11(2,13)7-9(18(15,16)17)10(12)8-3-5-14-6-4-8/h3-6,9-10H,7,12-13H2,1-2H3,(H2,15,16,17). The van der Waals surface area contributed by atoms with Gasteiger partial charge in [0.2, 0.25) is 0 Å². The van der Waals surface area contributed by atoms with Gasteiger partial charge in [0.1, 0.15) is 0 Å². The number of aromatic nitrogens is 1. The van der Waals surface area contributed by atoms with Gasteiger partial charge in [0.15, 0.2) is 0 Å². The lowest BCUT2D eigenvalue weighted by molar-refractivity contribution is 0.324. The normalized spacial score (nSPS) is 16.3. The van der Waals surface area contributed by atoms with Gasteiger partial charge < -0.3 is 21.3 Å². The number of rotatable bonds is 5. The van der Waals surface area contributed by atoms with Crippen LogP contribution < -0.4 is 11.5 Å². The Kier molecular flexibility index (Phi) is 4.64. The summed E-state index contributed by atoms with van der Waals surface area (Å²) in [5.41, 5.74) is 10.7. The molecule has 1 aromatic rings. The Bertz CT molecular complexity index is 427. The molecular weight excluding hydrogens is 253 g/mol. The highest BCUT2D eigenvalue weighted by molar-refractivity contribution is 7.52. The first-order valence-electron chi connectivity index (χ1n) is 5.61. The molecule has 102 valence electrons. The first kappa shape index (κ1) is 15.3. The van der Waals surface area contributed by atoms with Gasteiger partial charge >= 0.3 is 7.60 Å². The summed E-state index contributed by atoms with van der Waals surface area (Å²) in [4.78, 5) is 22.7. The van der Waals surface area contributed by atoms with Crippen LogP contribution in [0.15, 0.2) is 24.5 Å². The first-order valence-corrected chi connectivity index (χ1v) is 7.29. The number of hydrogen-bond donors (Lipinski definition) is 4. The molecular formula is C11H20N3O3P. The largest absolute Gasteiger partial charge is 0.330 e. The van der Waals surface area contributed by atoms with Gasteiger partial charge in [-0.05, 0) is 38.0 Å². The molecule has 6 nitrogen and oxygen atoms in total. The van der Waals surface area contributed by atoms with Gasteiger partial charge in [0, 0.05) is 24.0 Å². The SMILES string of the molecule is CC(C)(N)CC(C(N)c1ccncc1)P(=O)(O)O. The van der Waals surface area contributed by atoms with Gasteiger partial charge in [-0.1, -0.05) is 0 Å². The van der Waals surface area contributed by atoms with E-state index in [2.05, 4.69) is 4.98 Å². The zero-order valence-corrected chi connectivity index (χ0v) is 11.4. The van der Waals surface area contributed by atoms with E-state index >= 15 is 0 Å². The van der Waals surface area contributed by atoms with Gasteiger partial charge in [-0.2, -0.15) is 0 Å². The molecule has 0 fully saturated rings. The van der Waals surface area contributed by atoms with Gasteiger partial charge in [0.25, 0.3) is 0 Å². The lowest BCUT2D eigenvalue weighted by Crippen LogP contribution is -2.40. The minimum absolute atomic E-state index is 0.140. The summed E-state index contributed by atoms with van der Waals surface area (Å²) in [5.74, 6) is 0. The van der Waals surface area contributed by atoms with Gasteiger partial charge in [-0.3, -0.25) is 9.55 Å². The zero-order chi connectivity index (χ0) is 14.0. The molecule has 1 aromatic heterocycles. The zero-order valence-electron chi connectivity index (χ0n) is 10.5. The Labute approximate surface area is 107 Å². The molecule has 0 aliphatic heterocycles. The lowest BCUT2D eigenvalue weighted by Gasteiger charge is -2.30. The van der Waals surface area contributed by atoms with E-state index in [4.69, 9.17) is 11.5 Å². The third kappa shape index (κ3) is 4.48. The quantitative estimate of drug-likeness (QED) is 0.587. The summed E-state index contributed by atoms with van der Waals surface area (Å²) in [7, 11) is -4.32. The van der Waals surface area contributed by atoms with Crippen LogP contribution in [-0.2, 0) is 4.57 Å².